The van der Waals surface area contributed by atoms with Crippen LogP contribution in [0.4, 0.5) is 4.39 Å². The Bertz CT molecular complexity index is 355. The molecule has 17 heavy (non-hydrogen) atoms. The van der Waals surface area contributed by atoms with E-state index in [0.29, 0.717) is 0 Å². The van der Waals surface area contributed by atoms with E-state index < -0.39 is 0 Å². The summed E-state index contributed by atoms with van der Waals surface area (Å²) in [5.41, 5.74) is 1.05. The molecule has 1 heterocycles. The van der Waals surface area contributed by atoms with Crippen LogP contribution in [-0.2, 0) is 6.54 Å². The molecule has 1 saturated heterocycles. The molecule has 0 aliphatic carbocycles. The summed E-state index contributed by atoms with van der Waals surface area (Å²) < 4.78 is 14.1. The van der Waals surface area contributed by atoms with Crippen LogP contribution in [0.2, 0.25) is 0 Å². The molecule has 1 aliphatic rings. The maximum absolute atomic E-state index is 13.2. The van der Waals surface area contributed by atoms with Gasteiger partial charge in [0.05, 0.1) is 0 Å². The van der Waals surface area contributed by atoms with Gasteiger partial charge in [-0.25, -0.2) is 4.39 Å². The zero-order chi connectivity index (χ0) is 12.3. The number of piperidine rings is 1. The standard InChI is InChI=1S/C13H16Br2FN/c14-8-10-1-3-17(4-2-10)9-11-5-12(15)7-13(16)6-11/h5-7,10H,1-4,8-9H2. The van der Waals surface area contributed by atoms with Gasteiger partial charge in [0.15, 0.2) is 0 Å². The minimum absolute atomic E-state index is 0.162. The van der Waals surface area contributed by atoms with Crippen molar-refractivity contribution in [1.29, 1.82) is 0 Å². The van der Waals surface area contributed by atoms with E-state index in [1.165, 1.54) is 18.9 Å². The summed E-state index contributed by atoms with van der Waals surface area (Å²) in [6, 6.07) is 5.13. The van der Waals surface area contributed by atoms with E-state index in [0.717, 1.165) is 40.9 Å². The zero-order valence-corrected chi connectivity index (χ0v) is 12.8. The molecule has 1 nitrogen and oxygen atoms in total. The van der Waals surface area contributed by atoms with E-state index in [2.05, 4.69) is 36.8 Å². The number of rotatable bonds is 3. The molecule has 0 saturated carbocycles. The Morgan fingerprint density at radius 1 is 1.24 bits per heavy atom. The largest absolute Gasteiger partial charge is 0.299 e. The highest BCUT2D eigenvalue weighted by molar-refractivity contribution is 9.10. The van der Waals surface area contributed by atoms with Crippen molar-refractivity contribution in [1.82, 2.24) is 4.90 Å². The molecular weight excluding hydrogens is 349 g/mol. The lowest BCUT2D eigenvalue weighted by Gasteiger charge is -2.31. The van der Waals surface area contributed by atoms with Gasteiger partial charge in [-0.05, 0) is 55.6 Å². The van der Waals surface area contributed by atoms with Crippen molar-refractivity contribution in [3.8, 4) is 0 Å². The monoisotopic (exact) mass is 363 g/mol. The molecule has 0 bridgehead atoms. The van der Waals surface area contributed by atoms with E-state index in [1.807, 2.05) is 6.07 Å². The normalized spacial score (nSPS) is 18.5. The van der Waals surface area contributed by atoms with Gasteiger partial charge in [0.25, 0.3) is 0 Å². The number of alkyl halides is 1. The molecule has 94 valence electrons. The van der Waals surface area contributed by atoms with Gasteiger partial charge in [0, 0.05) is 16.3 Å². The minimum atomic E-state index is -0.162. The average Bonchev–Trinajstić information content (AvgIpc) is 2.28. The Kier molecular flexibility index (Phi) is 5.00. The molecule has 0 spiro atoms. The van der Waals surface area contributed by atoms with Crippen molar-refractivity contribution in [2.75, 3.05) is 18.4 Å². The molecule has 1 aromatic carbocycles. The van der Waals surface area contributed by atoms with Crippen LogP contribution < -0.4 is 0 Å². The van der Waals surface area contributed by atoms with E-state index in [-0.39, 0.29) is 5.82 Å². The summed E-state index contributed by atoms with van der Waals surface area (Å²) >= 11 is 6.88. The van der Waals surface area contributed by atoms with Crippen LogP contribution in [0.15, 0.2) is 22.7 Å². The summed E-state index contributed by atoms with van der Waals surface area (Å²) in [4.78, 5) is 2.40. The lowest BCUT2D eigenvalue weighted by Crippen LogP contribution is -2.33. The Balaban J connectivity index is 1.93. The Labute approximate surface area is 119 Å². The second-order valence-corrected chi connectivity index (χ2v) is 6.21. The maximum Gasteiger partial charge on any atom is 0.124 e. The van der Waals surface area contributed by atoms with Crippen molar-refractivity contribution >= 4 is 31.9 Å². The Morgan fingerprint density at radius 2 is 1.94 bits per heavy atom. The lowest BCUT2D eigenvalue weighted by molar-refractivity contribution is 0.187. The fourth-order valence-corrected chi connectivity index (χ4v) is 3.42. The topological polar surface area (TPSA) is 3.24 Å². The van der Waals surface area contributed by atoms with Gasteiger partial charge in [-0.15, -0.1) is 0 Å². The Morgan fingerprint density at radius 3 is 2.53 bits per heavy atom. The Hall–Kier alpha value is 0.0700. The third-order valence-corrected chi connectivity index (χ3v) is 4.63. The molecule has 1 fully saturated rings. The smallest absolute Gasteiger partial charge is 0.124 e. The van der Waals surface area contributed by atoms with Gasteiger partial charge in [-0.3, -0.25) is 4.90 Å². The first-order valence-corrected chi connectivity index (χ1v) is 7.82. The third kappa shape index (κ3) is 4.04. The fourth-order valence-electron chi connectivity index (χ4n) is 2.26. The fraction of sp³-hybridized carbons (Fsp3) is 0.538. The second kappa shape index (κ2) is 6.30. The summed E-state index contributed by atoms with van der Waals surface area (Å²) in [7, 11) is 0. The van der Waals surface area contributed by atoms with Gasteiger partial charge in [0.2, 0.25) is 0 Å². The molecule has 0 unspecified atom stereocenters. The van der Waals surface area contributed by atoms with E-state index in [1.54, 1.807) is 6.07 Å². The highest BCUT2D eigenvalue weighted by Crippen LogP contribution is 2.22. The lowest BCUT2D eigenvalue weighted by atomic mass is 9.99. The van der Waals surface area contributed by atoms with Crippen molar-refractivity contribution in [2.45, 2.75) is 19.4 Å². The van der Waals surface area contributed by atoms with E-state index >= 15 is 0 Å². The van der Waals surface area contributed by atoms with Gasteiger partial charge >= 0.3 is 0 Å². The molecular formula is C13H16Br2FN. The third-order valence-electron chi connectivity index (χ3n) is 3.25. The first-order valence-electron chi connectivity index (χ1n) is 5.90. The molecule has 0 amide bonds. The van der Waals surface area contributed by atoms with Gasteiger partial charge in [0.1, 0.15) is 5.82 Å². The molecule has 1 aliphatic heterocycles. The van der Waals surface area contributed by atoms with Crippen LogP contribution in [0.1, 0.15) is 18.4 Å². The summed E-state index contributed by atoms with van der Waals surface area (Å²) in [5, 5.41) is 1.10. The predicted octanol–water partition coefficient (Wildman–Crippen LogP) is 4.20. The molecule has 0 N–H and O–H groups in total. The quantitative estimate of drug-likeness (QED) is 0.726. The van der Waals surface area contributed by atoms with Crippen molar-refractivity contribution in [3.05, 3.63) is 34.1 Å². The van der Waals surface area contributed by atoms with Crippen LogP contribution in [0.5, 0.6) is 0 Å². The number of likely N-dealkylation sites (tertiary alicyclic amines) is 1. The summed E-state index contributed by atoms with van der Waals surface area (Å²) in [5.74, 6) is 0.648. The highest BCUT2D eigenvalue weighted by Gasteiger charge is 2.18. The van der Waals surface area contributed by atoms with Crippen LogP contribution in [-0.4, -0.2) is 23.3 Å². The number of benzene rings is 1. The van der Waals surface area contributed by atoms with Gasteiger partial charge in [-0.2, -0.15) is 0 Å². The number of nitrogens with zero attached hydrogens (tertiary/aromatic N) is 1. The van der Waals surface area contributed by atoms with Crippen molar-refractivity contribution in [3.63, 3.8) is 0 Å². The minimum Gasteiger partial charge on any atom is -0.299 e. The SMILES string of the molecule is Fc1cc(Br)cc(CN2CCC(CBr)CC2)c1. The van der Waals surface area contributed by atoms with Gasteiger partial charge in [-0.1, -0.05) is 31.9 Å². The molecule has 2 rings (SSSR count). The van der Waals surface area contributed by atoms with Gasteiger partial charge < -0.3 is 0 Å². The molecule has 0 radical (unpaired) electrons. The summed E-state index contributed by atoms with van der Waals surface area (Å²) in [6.07, 6.45) is 2.48. The molecule has 1 aromatic rings. The first kappa shape index (κ1) is 13.5. The summed E-state index contributed by atoms with van der Waals surface area (Å²) in [6.45, 7) is 3.08. The number of hydrogen-bond acceptors (Lipinski definition) is 1. The zero-order valence-electron chi connectivity index (χ0n) is 9.63. The second-order valence-electron chi connectivity index (χ2n) is 4.65. The maximum atomic E-state index is 13.2. The van der Waals surface area contributed by atoms with Crippen molar-refractivity contribution in [2.24, 2.45) is 5.92 Å². The number of halogens is 3. The van der Waals surface area contributed by atoms with E-state index in [9.17, 15) is 4.39 Å². The van der Waals surface area contributed by atoms with Crippen LogP contribution in [0.3, 0.4) is 0 Å². The predicted molar refractivity (Wildman–Crippen MR) is 75.9 cm³/mol. The van der Waals surface area contributed by atoms with Crippen LogP contribution >= 0.6 is 31.9 Å². The first-order chi connectivity index (χ1) is 8.17. The molecule has 0 atom stereocenters. The number of hydrogen-bond donors (Lipinski definition) is 0. The highest BCUT2D eigenvalue weighted by atomic mass is 79.9. The molecule has 4 heteroatoms. The average molecular weight is 365 g/mol. The molecule has 0 aromatic heterocycles. The van der Waals surface area contributed by atoms with Crippen LogP contribution in [0.25, 0.3) is 0 Å². The van der Waals surface area contributed by atoms with E-state index in [4.69, 9.17) is 0 Å². The van der Waals surface area contributed by atoms with Crippen LogP contribution in [0, 0.1) is 11.7 Å². The van der Waals surface area contributed by atoms with Crippen molar-refractivity contribution < 1.29 is 4.39 Å².